The second-order valence-electron chi connectivity index (χ2n) is 8.21. The second-order valence-corrected chi connectivity index (χ2v) is 8.21. The average molecular weight is 316 g/mol. The van der Waals surface area contributed by atoms with E-state index >= 15 is 0 Å². The summed E-state index contributed by atoms with van der Waals surface area (Å²) in [4.78, 5) is 2.60. The normalized spacial score (nSPS) is 17.7. The highest BCUT2D eigenvalue weighted by Gasteiger charge is 2.32. The lowest BCUT2D eigenvalue weighted by atomic mass is 9.72. The Morgan fingerprint density at radius 2 is 1.61 bits per heavy atom. The van der Waals surface area contributed by atoms with Crippen molar-refractivity contribution in [3.05, 3.63) is 29.3 Å². The van der Waals surface area contributed by atoms with E-state index in [0.717, 1.165) is 5.92 Å². The number of piperidine rings is 1. The van der Waals surface area contributed by atoms with Gasteiger partial charge in [0.2, 0.25) is 0 Å². The Kier molecular flexibility index (Phi) is 6.56. The summed E-state index contributed by atoms with van der Waals surface area (Å²) in [5.74, 6) is 0.947. The minimum atomic E-state index is 0.561. The third-order valence-electron chi connectivity index (χ3n) is 6.00. The smallest absolute Gasteiger partial charge is 0.0369 e. The summed E-state index contributed by atoms with van der Waals surface area (Å²) >= 11 is 0. The Hall–Kier alpha value is -0.980. The molecule has 0 aliphatic carbocycles. The molecule has 0 saturated carbocycles. The molecule has 1 heteroatoms. The average Bonchev–Trinajstić information content (AvgIpc) is 2.51. The highest BCUT2D eigenvalue weighted by molar-refractivity contribution is 5.51. The van der Waals surface area contributed by atoms with E-state index in [4.69, 9.17) is 0 Å². The van der Waals surface area contributed by atoms with Gasteiger partial charge in [-0.15, -0.1) is 0 Å². The van der Waals surface area contributed by atoms with Gasteiger partial charge in [-0.2, -0.15) is 0 Å². The van der Waals surface area contributed by atoms with Gasteiger partial charge < -0.3 is 4.90 Å². The largest absolute Gasteiger partial charge is 0.371 e. The summed E-state index contributed by atoms with van der Waals surface area (Å²) in [6.45, 7) is 14.1. The molecule has 0 amide bonds. The van der Waals surface area contributed by atoms with Gasteiger partial charge in [-0.05, 0) is 67.7 Å². The monoisotopic (exact) mass is 315 g/mol. The van der Waals surface area contributed by atoms with E-state index < -0.39 is 0 Å². The van der Waals surface area contributed by atoms with Gasteiger partial charge in [0.05, 0.1) is 0 Å². The van der Waals surface area contributed by atoms with Gasteiger partial charge in [0, 0.05) is 18.8 Å². The maximum atomic E-state index is 2.60. The lowest BCUT2D eigenvalue weighted by Crippen LogP contribution is -2.39. The SMILES string of the molecule is CCCC(CCC)CC1(C)CCN(c2ccc(C)c(C)c2)CC1. The molecule has 0 unspecified atom stereocenters. The summed E-state index contributed by atoms with van der Waals surface area (Å²) < 4.78 is 0. The topological polar surface area (TPSA) is 3.24 Å². The zero-order valence-electron chi connectivity index (χ0n) is 16.1. The van der Waals surface area contributed by atoms with Crippen molar-refractivity contribution in [1.82, 2.24) is 0 Å². The predicted molar refractivity (Wildman–Crippen MR) is 103 cm³/mol. The number of hydrogen-bond acceptors (Lipinski definition) is 1. The fourth-order valence-corrected chi connectivity index (χ4v) is 4.29. The minimum absolute atomic E-state index is 0.561. The van der Waals surface area contributed by atoms with Crippen LogP contribution in [0.4, 0.5) is 5.69 Å². The van der Waals surface area contributed by atoms with Gasteiger partial charge in [-0.1, -0.05) is 52.5 Å². The number of aryl methyl sites for hydroxylation is 2. The predicted octanol–water partition coefficient (Wildman–Crippen LogP) is 6.52. The first kappa shape index (κ1) is 18.4. The first-order chi connectivity index (χ1) is 11.0. The summed E-state index contributed by atoms with van der Waals surface area (Å²) in [5.41, 5.74) is 4.80. The zero-order chi connectivity index (χ0) is 16.9. The van der Waals surface area contributed by atoms with Crippen LogP contribution in [0.15, 0.2) is 18.2 Å². The van der Waals surface area contributed by atoms with Crippen LogP contribution in [0, 0.1) is 25.2 Å². The molecule has 0 radical (unpaired) electrons. The van der Waals surface area contributed by atoms with Crippen molar-refractivity contribution in [3.8, 4) is 0 Å². The number of benzene rings is 1. The molecule has 0 aromatic heterocycles. The summed E-state index contributed by atoms with van der Waals surface area (Å²) in [7, 11) is 0. The molecule has 0 atom stereocenters. The van der Waals surface area contributed by atoms with Crippen LogP contribution >= 0.6 is 0 Å². The van der Waals surface area contributed by atoms with Gasteiger partial charge in [0.25, 0.3) is 0 Å². The van der Waals surface area contributed by atoms with E-state index in [1.807, 2.05) is 0 Å². The van der Waals surface area contributed by atoms with Gasteiger partial charge in [-0.3, -0.25) is 0 Å². The van der Waals surface area contributed by atoms with E-state index in [1.165, 1.54) is 74.8 Å². The molecule has 1 aliphatic heterocycles. The lowest BCUT2D eigenvalue weighted by molar-refractivity contribution is 0.176. The molecule has 23 heavy (non-hydrogen) atoms. The van der Waals surface area contributed by atoms with E-state index in [9.17, 15) is 0 Å². The van der Waals surface area contributed by atoms with Crippen LogP contribution in [-0.4, -0.2) is 13.1 Å². The van der Waals surface area contributed by atoms with Crippen molar-refractivity contribution < 1.29 is 0 Å². The molecular formula is C22H37N. The van der Waals surface area contributed by atoms with Gasteiger partial charge in [-0.25, -0.2) is 0 Å². The first-order valence-corrected chi connectivity index (χ1v) is 9.79. The van der Waals surface area contributed by atoms with Crippen molar-refractivity contribution >= 4 is 5.69 Å². The minimum Gasteiger partial charge on any atom is -0.371 e. The van der Waals surface area contributed by atoms with Gasteiger partial charge in [0.15, 0.2) is 0 Å². The molecule has 0 spiro atoms. The van der Waals surface area contributed by atoms with Crippen LogP contribution in [0.25, 0.3) is 0 Å². The van der Waals surface area contributed by atoms with Crippen LogP contribution in [0.2, 0.25) is 0 Å². The maximum absolute atomic E-state index is 2.60. The van der Waals surface area contributed by atoms with Gasteiger partial charge >= 0.3 is 0 Å². The summed E-state index contributed by atoms with van der Waals surface area (Å²) in [6, 6.07) is 6.95. The molecule has 1 aromatic rings. The number of anilines is 1. The van der Waals surface area contributed by atoms with E-state index in [2.05, 4.69) is 57.7 Å². The van der Waals surface area contributed by atoms with E-state index in [1.54, 1.807) is 0 Å². The Balaban J connectivity index is 1.94. The molecule has 1 saturated heterocycles. The number of rotatable bonds is 7. The van der Waals surface area contributed by atoms with E-state index in [0.29, 0.717) is 5.41 Å². The van der Waals surface area contributed by atoms with Crippen molar-refractivity contribution in [2.45, 2.75) is 79.6 Å². The summed E-state index contributed by atoms with van der Waals surface area (Å²) in [5, 5.41) is 0. The van der Waals surface area contributed by atoms with Crippen molar-refractivity contribution in [1.29, 1.82) is 0 Å². The van der Waals surface area contributed by atoms with Crippen LogP contribution in [0.3, 0.4) is 0 Å². The second kappa shape index (κ2) is 8.22. The van der Waals surface area contributed by atoms with Crippen molar-refractivity contribution in [3.63, 3.8) is 0 Å². The van der Waals surface area contributed by atoms with Crippen LogP contribution in [0.5, 0.6) is 0 Å². The molecule has 1 fully saturated rings. The Labute approximate surface area is 144 Å². The van der Waals surface area contributed by atoms with Crippen molar-refractivity contribution in [2.75, 3.05) is 18.0 Å². The highest BCUT2D eigenvalue weighted by atomic mass is 15.1. The quantitative estimate of drug-likeness (QED) is 0.554. The van der Waals surface area contributed by atoms with E-state index in [-0.39, 0.29) is 0 Å². The molecule has 2 rings (SSSR count). The zero-order valence-corrected chi connectivity index (χ0v) is 16.1. The molecule has 1 heterocycles. The van der Waals surface area contributed by atoms with Gasteiger partial charge in [0.1, 0.15) is 0 Å². The first-order valence-electron chi connectivity index (χ1n) is 9.79. The fourth-order valence-electron chi connectivity index (χ4n) is 4.29. The Morgan fingerprint density at radius 1 is 1.00 bits per heavy atom. The molecular weight excluding hydrogens is 278 g/mol. The van der Waals surface area contributed by atoms with Crippen LogP contribution in [-0.2, 0) is 0 Å². The lowest BCUT2D eigenvalue weighted by Gasteiger charge is -2.42. The Bertz CT molecular complexity index is 477. The maximum Gasteiger partial charge on any atom is 0.0369 e. The Morgan fingerprint density at radius 3 is 2.13 bits per heavy atom. The molecule has 1 aromatic carbocycles. The molecule has 0 N–H and O–H groups in total. The van der Waals surface area contributed by atoms with Crippen molar-refractivity contribution in [2.24, 2.45) is 11.3 Å². The molecule has 130 valence electrons. The number of nitrogens with zero attached hydrogens (tertiary/aromatic N) is 1. The molecule has 0 bridgehead atoms. The molecule has 1 nitrogen and oxygen atoms in total. The third kappa shape index (κ3) is 4.99. The number of hydrogen-bond donors (Lipinski definition) is 0. The highest BCUT2D eigenvalue weighted by Crippen LogP contribution is 2.40. The van der Waals surface area contributed by atoms with Crippen LogP contribution in [0.1, 0.15) is 76.8 Å². The summed E-state index contributed by atoms with van der Waals surface area (Å²) in [6.07, 6.45) is 9.67. The third-order valence-corrected chi connectivity index (χ3v) is 6.00. The van der Waals surface area contributed by atoms with Crippen LogP contribution < -0.4 is 4.90 Å². The standard InChI is InChI=1S/C22H37N/c1-6-8-20(9-7-2)17-22(5)12-14-23(15-13-22)21-11-10-18(3)19(4)16-21/h10-11,16,20H,6-9,12-15,17H2,1-5H3. The fraction of sp³-hybridized carbons (Fsp3) is 0.727. The molecule has 1 aliphatic rings.